The van der Waals surface area contributed by atoms with Crippen molar-refractivity contribution >= 4 is 11.8 Å². The van der Waals surface area contributed by atoms with E-state index >= 15 is 0 Å². The summed E-state index contributed by atoms with van der Waals surface area (Å²) in [6, 6.07) is 11.8. The molecule has 0 bridgehead atoms. The summed E-state index contributed by atoms with van der Waals surface area (Å²) in [7, 11) is 0. The molecule has 0 aliphatic heterocycles. The highest BCUT2D eigenvalue weighted by Crippen LogP contribution is 2.22. The molecular formula is C20H22N2O2. The first-order chi connectivity index (χ1) is 11.5. The zero-order chi connectivity index (χ0) is 17.1. The number of hydrazine groups is 1. The van der Waals surface area contributed by atoms with Crippen molar-refractivity contribution in [3.8, 4) is 0 Å². The maximum absolute atomic E-state index is 12.2. The lowest BCUT2D eigenvalue weighted by molar-refractivity contribution is -0.121. The van der Waals surface area contributed by atoms with Gasteiger partial charge < -0.3 is 0 Å². The van der Waals surface area contributed by atoms with Crippen LogP contribution >= 0.6 is 0 Å². The Balaban J connectivity index is 1.56. The third-order valence-corrected chi connectivity index (χ3v) is 4.47. The molecule has 0 saturated carbocycles. The molecule has 1 aliphatic rings. The van der Waals surface area contributed by atoms with Gasteiger partial charge in [-0.05, 0) is 61.4 Å². The number of hydrogen-bond acceptors (Lipinski definition) is 2. The SMILES string of the molecule is Cc1ccc(C(=O)NNC(=O)Cc2ccc3c(c2)CCC3)c(C)c1. The van der Waals surface area contributed by atoms with Gasteiger partial charge in [-0.15, -0.1) is 0 Å². The van der Waals surface area contributed by atoms with Gasteiger partial charge in [0.05, 0.1) is 6.42 Å². The maximum atomic E-state index is 12.2. The smallest absolute Gasteiger partial charge is 0.269 e. The molecule has 2 amide bonds. The molecule has 0 unspecified atom stereocenters. The van der Waals surface area contributed by atoms with E-state index < -0.39 is 0 Å². The molecule has 0 spiro atoms. The maximum Gasteiger partial charge on any atom is 0.269 e. The van der Waals surface area contributed by atoms with Crippen LogP contribution in [0.1, 0.15) is 44.6 Å². The standard InChI is InChI=1S/C20H22N2O2/c1-13-6-9-18(14(2)10-13)20(24)22-21-19(23)12-15-7-8-16-4-3-5-17(16)11-15/h6-11H,3-5,12H2,1-2H3,(H,21,23)(H,22,24). The van der Waals surface area contributed by atoms with E-state index in [1.165, 1.54) is 17.5 Å². The largest absolute Gasteiger partial charge is 0.273 e. The summed E-state index contributed by atoms with van der Waals surface area (Å²) in [6.07, 6.45) is 3.68. The lowest BCUT2D eigenvalue weighted by atomic mass is 10.0. The zero-order valence-corrected chi connectivity index (χ0v) is 14.1. The van der Waals surface area contributed by atoms with Gasteiger partial charge in [0, 0.05) is 5.56 Å². The van der Waals surface area contributed by atoms with Crippen LogP contribution < -0.4 is 10.9 Å². The summed E-state index contributed by atoms with van der Waals surface area (Å²) < 4.78 is 0. The van der Waals surface area contributed by atoms with Crippen molar-refractivity contribution in [1.29, 1.82) is 0 Å². The van der Waals surface area contributed by atoms with E-state index in [0.717, 1.165) is 29.5 Å². The first kappa shape index (κ1) is 16.2. The third kappa shape index (κ3) is 3.65. The van der Waals surface area contributed by atoms with Gasteiger partial charge in [0.2, 0.25) is 5.91 Å². The number of carbonyl (C=O) groups excluding carboxylic acids is 2. The monoisotopic (exact) mass is 322 g/mol. The first-order valence-electron chi connectivity index (χ1n) is 8.30. The number of carbonyl (C=O) groups is 2. The molecule has 24 heavy (non-hydrogen) atoms. The summed E-state index contributed by atoms with van der Waals surface area (Å²) in [5.74, 6) is -0.513. The van der Waals surface area contributed by atoms with Crippen LogP contribution in [-0.2, 0) is 24.1 Å². The molecule has 1 aliphatic carbocycles. The number of benzene rings is 2. The second-order valence-corrected chi connectivity index (χ2v) is 6.45. The molecule has 0 atom stereocenters. The summed E-state index contributed by atoms with van der Waals surface area (Å²) in [4.78, 5) is 24.2. The molecule has 2 aromatic carbocycles. The second-order valence-electron chi connectivity index (χ2n) is 6.45. The number of hydrogen-bond donors (Lipinski definition) is 2. The Labute approximate surface area is 142 Å². The Morgan fingerprint density at radius 1 is 0.958 bits per heavy atom. The van der Waals surface area contributed by atoms with Gasteiger partial charge in [-0.2, -0.15) is 0 Å². The van der Waals surface area contributed by atoms with Crippen LogP contribution in [0.4, 0.5) is 0 Å². The molecule has 2 aromatic rings. The number of fused-ring (bicyclic) bond motifs is 1. The van der Waals surface area contributed by atoms with E-state index in [2.05, 4.69) is 23.0 Å². The average molecular weight is 322 g/mol. The summed E-state index contributed by atoms with van der Waals surface area (Å²) in [6.45, 7) is 3.86. The van der Waals surface area contributed by atoms with Gasteiger partial charge in [0.1, 0.15) is 0 Å². The fraction of sp³-hybridized carbons (Fsp3) is 0.300. The van der Waals surface area contributed by atoms with Crippen molar-refractivity contribution in [1.82, 2.24) is 10.9 Å². The van der Waals surface area contributed by atoms with Crippen LogP contribution in [0.15, 0.2) is 36.4 Å². The summed E-state index contributed by atoms with van der Waals surface area (Å²) >= 11 is 0. The van der Waals surface area contributed by atoms with Gasteiger partial charge in [0.15, 0.2) is 0 Å². The van der Waals surface area contributed by atoms with Crippen LogP contribution in [0, 0.1) is 13.8 Å². The van der Waals surface area contributed by atoms with Crippen LogP contribution in [0.2, 0.25) is 0 Å². The fourth-order valence-corrected chi connectivity index (χ4v) is 3.23. The van der Waals surface area contributed by atoms with E-state index in [1.54, 1.807) is 6.07 Å². The van der Waals surface area contributed by atoms with Crippen molar-refractivity contribution < 1.29 is 9.59 Å². The number of aryl methyl sites for hydroxylation is 4. The molecule has 4 heteroatoms. The third-order valence-electron chi connectivity index (χ3n) is 4.47. The highest BCUT2D eigenvalue weighted by atomic mass is 16.2. The second kappa shape index (κ2) is 6.87. The molecule has 0 aromatic heterocycles. The van der Waals surface area contributed by atoms with Crippen LogP contribution in [0.5, 0.6) is 0 Å². The highest BCUT2D eigenvalue weighted by molar-refractivity contribution is 5.96. The minimum atomic E-state index is -0.296. The van der Waals surface area contributed by atoms with Crippen molar-refractivity contribution in [2.75, 3.05) is 0 Å². The lowest BCUT2D eigenvalue weighted by Crippen LogP contribution is -2.42. The predicted octanol–water partition coefficient (Wildman–Crippen LogP) is 2.80. The average Bonchev–Trinajstić information content (AvgIpc) is 3.00. The molecule has 3 rings (SSSR count). The highest BCUT2D eigenvalue weighted by Gasteiger charge is 2.13. The van der Waals surface area contributed by atoms with Crippen LogP contribution in [0.3, 0.4) is 0 Å². The normalized spacial score (nSPS) is 12.6. The molecular weight excluding hydrogens is 300 g/mol. The van der Waals surface area contributed by atoms with Crippen LogP contribution in [-0.4, -0.2) is 11.8 Å². The molecule has 2 N–H and O–H groups in total. The minimum Gasteiger partial charge on any atom is -0.273 e. The van der Waals surface area contributed by atoms with E-state index in [1.807, 2.05) is 32.0 Å². The molecule has 0 saturated heterocycles. The van der Waals surface area contributed by atoms with Gasteiger partial charge in [-0.25, -0.2) is 0 Å². The number of amides is 2. The topological polar surface area (TPSA) is 58.2 Å². The molecule has 0 heterocycles. The Morgan fingerprint density at radius 2 is 1.75 bits per heavy atom. The van der Waals surface area contributed by atoms with E-state index in [9.17, 15) is 9.59 Å². The lowest BCUT2D eigenvalue weighted by Gasteiger charge is -2.10. The molecule has 4 nitrogen and oxygen atoms in total. The predicted molar refractivity (Wildman–Crippen MR) is 93.7 cm³/mol. The number of rotatable bonds is 3. The number of nitrogens with one attached hydrogen (secondary N) is 2. The Hall–Kier alpha value is -2.62. The van der Waals surface area contributed by atoms with Crippen molar-refractivity contribution in [2.24, 2.45) is 0 Å². The van der Waals surface area contributed by atoms with Gasteiger partial charge in [-0.1, -0.05) is 35.9 Å². The van der Waals surface area contributed by atoms with Crippen molar-refractivity contribution in [3.05, 3.63) is 69.8 Å². The van der Waals surface area contributed by atoms with Crippen LogP contribution in [0.25, 0.3) is 0 Å². The molecule has 0 radical (unpaired) electrons. The molecule has 0 fully saturated rings. The Kier molecular flexibility index (Phi) is 4.65. The zero-order valence-electron chi connectivity index (χ0n) is 14.1. The first-order valence-corrected chi connectivity index (χ1v) is 8.30. The quantitative estimate of drug-likeness (QED) is 0.854. The van der Waals surface area contributed by atoms with Gasteiger partial charge in [-0.3, -0.25) is 20.4 Å². The van der Waals surface area contributed by atoms with E-state index in [4.69, 9.17) is 0 Å². The fourth-order valence-electron chi connectivity index (χ4n) is 3.23. The summed E-state index contributed by atoms with van der Waals surface area (Å²) in [5.41, 5.74) is 11.3. The van der Waals surface area contributed by atoms with E-state index in [0.29, 0.717) is 5.56 Å². The molecule has 124 valence electrons. The Bertz CT molecular complexity index is 796. The minimum absolute atomic E-state index is 0.217. The Morgan fingerprint density at radius 3 is 2.54 bits per heavy atom. The summed E-state index contributed by atoms with van der Waals surface area (Å²) in [5, 5.41) is 0. The van der Waals surface area contributed by atoms with Gasteiger partial charge >= 0.3 is 0 Å². The van der Waals surface area contributed by atoms with Crippen molar-refractivity contribution in [3.63, 3.8) is 0 Å². The van der Waals surface area contributed by atoms with Gasteiger partial charge in [0.25, 0.3) is 5.91 Å². The van der Waals surface area contributed by atoms with Crippen molar-refractivity contribution in [2.45, 2.75) is 39.5 Å². The van der Waals surface area contributed by atoms with E-state index in [-0.39, 0.29) is 18.2 Å².